The van der Waals surface area contributed by atoms with E-state index >= 15 is 0 Å². The fourth-order valence-corrected chi connectivity index (χ4v) is 1.87. The highest BCUT2D eigenvalue weighted by Crippen LogP contribution is 2.07. The van der Waals surface area contributed by atoms with Gasteiger partial charge in [-0.2, -0.15) is 0 Å². The second-order valence-electron chi connectivity index (χ2n) is 5.32. The molecule has 0 rings (SSSR count). The van der Waals surface area contributed by atoms with Crippen molar-refractivity contribution in [2.45, 2.75) is 52.1 Å². The van der Waals surface area contributed by atoms with Gasteiger partial charge in [-0.1, -0.05) is 19.6 Å². The largest absolute Gasteiger partial charge is 0.466 e. The Balaban J connectivity index is 3.45. The predicted octanol–water partition coefficient (Wildman–Crippen LogP) is 2.66. The van der Waals surface area contributed by atoms with E-state index in [0.29, 0.717) is 6.61 Å². The Hall–Kier alpha value is -0.393. The van der Waals surface area contributed by atoms with Crippen LogP contribution in [0.2, 0.25) is 25.7 Å². The maximum Gasteiger partial charge on any atom is 0.308 e. The van der Waals surface area contributed by atoms with Gasteiger partial charge >= 0.3 is 5.97 Å². The molecule has 0 aliphatic carbocycles. The van der Waals surface area contributed by atoms with Gasteiger partial charge in [0.15, 0.2) is 0 Å². The van der Waals surface area contributed by atoms with Crippen molar-refractivity contribution in [1.82, 2.24) is 0 Å². The van der Waals surface area contributed by atoms with Crippen LogP contribution < -0.4 is 0 Å². The van der Waals surface area contributed by atoms with Crippen LogP contribution in [0.1, 0.15) is 20.3 Å². The molecule has 4 nitrogen and oxygen atoms in total. The van der Waals surface area contributed by atoms with E-state index in [0.717, 1.165) is 12.7 Å². The monoisotopic (exact) mass is 262 g/mol. The molecule has 0 aromatic carbocycles. The predicted molar refractivity (Wildman–Crippen MR) is 70.8 cm³/mol. The summed E-state index contributed by atoms with van der Waals surface area (Å²) in [5.74, 6) is -0.220. The van der Waals surface area contributed by atoms with E-state index in [1.807, 2.05) is 6.92 Å². The molecule has 1 atom stereocenters. The smallest absolute Gasteiger partial charge is 0.308 e. The normalized spacial score (nSPS) is 13.5. The molecule has 0 saturated heterocycles. The van der Waals surface area contributed by atoms with Gasteiger partial charge in [0.2, 0.25) is 0 Å². The van der Waals surface area contributed by atoms with Gasteiger partial charge in [0.1, 0.15) is 6.79 Å². The van der Waals surface area contributed by atoms with E-state index < -0.39 is 8.07 Å². The van der Waals surface area contributed by atoms with Gasteiger partial charge < -0.3 is 14.2 Å². The first-order valence-electron chi connectivity index (χ1n) is 6.20. The molecule has 0 amide bonds. The zero-order valence-corrected chi connectivity index (χ0v) is 12.7. The molecule has 0 fully saturated rings. The highest BCUT2D eigenvalue weighted by molar-refractivity contribution is 6.76. The molecule has 0 aliphatic rings. The lowest BCUT2D eigenvalue weighted by Gasteiger charge is -2.16. The van der Waals surface area contributed by atoms with E-state index in [-0.39, 0.29) is 25.3 Å². The van der Waals surface area contributed by atoms with E-state index in [9.17, 15) is 4.79 Å². The van der Waals surface area contributed by atoms with Crippen LogP contribution >= 0.6 is 0 Å². The van der Waals surface area contributed by atoms with Crippen LogP contribution in [0.15, 0.2) is 0 Å². The molecular formula is C12H26O4Si. The van der Waals surface area contributed by atoms with Crippen LogP contribution in [0, 0.1) is 0 Å². The van der Waals surface area contributed by atoms with Crippen molar-refractivity contribution >= 4 is 14.0 Å². The maximum atomic E-state index is 11.1. The minimum absolute atomic E-state index is 0.152. The maximum absolute atomic E-state index is 11.1. The Labute approximate surface area is 106 Å². The Morgan fingerprint density at radius 2 is 1.94 bits per heavy atom. The van der Waals surface area contributed by atoms with Gasteiger partial charge in [0.05, 0.1) is 19.1 Å². The molecule has 0 spiro atoms. The zero-order chi connectivity index (χ0) is 13.3. The van der Waals surface area contributed by atoms with Crippen molar-refractivity contribution in [2.75, 3.05) is 20.0 Å². The summed E-state index contributed by atoms with van der Waals surface area (Å²) in [4.78, 5) is 11.1. The first-order valence-corrected chi connectivity index (χ1v) is 9.91. The van der Waals surface area contributed by atoms with E-state index in [1.165, 1.54) is 0 Å². The van der Waals surface area contributed by atoms with Crippen molar-refractivity contribution < 1.29 is 19.0 Å². The first-order chi connectivity index (χ1) is 7.85. The van der Waals surface area contributed by atoms with Gasteiger partial charge in [-0.3, -0.25) is 4.79 Å². The summed E-state index contributed by atoms with van der Waals surface area (Å²) in [6.45, 7) is 12.0. The van der Waals surface area contributed by atoms with Crippen LogP contribution in [0.4, 0.5) is 0 Å². The second kappa shape index (κ2) is 8.66. The van der Waals surface area contributed by atoms with Crippen molar-refractivity contribution in [2.24, 2.45) is 0 Å². The fraction of sp³-hybridized carbons (Fsp3) is 0.917. The van der Waals surface area contributed by atoms with E-state index in [4.69, 9.17) is 14.2 Å². The Morgan fingerprint density at radius 3 is 2.47 bits per heavy atom. The summed E-state index contributed by atoms with van der Waals surface area (Å²) in [5, 5.41) is 0. The first kappa shape index (κ1) is 16.6. The van der Waals surface area contributed by atoms with Crippen LogP contribution in [0.5, 0.6) is 0 Å². The fourth-order valence-electron chi connectivity index (χ4n) is 1.12. The summed E-state index contributed by atoms with van der Waals surface area (Å²) in [5.41, 5.74) is 0. The molecule has 0 aliphatic heterocycles. The number of ether oxygens (including phenoxy) is 3. The lowest BCUT2D eigenvalue weighted by Crippen LogP contribution is -2.23. The molecule has 0 radical (unpaired) electrons. The minimum atomic E-state index is -1.03. The van der Waals surface area contributed by atoms with Crippen LogP contribution in [0.25, 0.3) is 0 Å². The number of esters is 1. The van der Waals surface area contributed by atoms with Crippen LogP contribution in [-0.2, 0) is 19.0 Å². The molecule has 0 aromatic rings. The molecular weight excluding hydrogens is 236 g/mol. The van der Waals surface area contributed by atoms with Crippen LogP contribution in [0.3, 0.4) is 0 Å². The van der Waals surface area contributed by atoms with E-state index in [2.05, 4.69) is 19.6 Å². The third kappa shape index (κ3) is 11.9. The second-order valence-corrected chi connectivity index (χ2v) is 10.9. The topological polar surface area (TPSA) is 44.8 Å². The summed E-state index contributed by atoms with van der Waals surface area (Å²) < 4.78 is 15.6. The molecule has 0 saturated carbocycles. The van der Waals surface area contributed by atoms with Crippen molar-refractivity contribution in [1.29, 1.82) is 0 Å². The number of carbonyl (C=O) groups excluding carboxylic acids is 1. The zero-order valence-electron chi connectivity index (χ0n) is 11.7. The van der Waals surface area contributed by atoms with Crippen LogP contribution in [-0.4, -0.2) is 40.2 Å². The molecule has 1 unspecified atom stereocenters. The van der Waals surface area contributed by atoms with Crippen molar-refractivity contribution in [3.63, 3.8) is 0 Å². The Bertz CT molecular complexity index is 213. The molecule has 5 heteroatoms. The summed E-state index contributed by atoms with van der Waals surface area (Å²) in [6.07, 6.45) is 0.131. The highest BCUT2D eigenvalue weighted by atomic mass is 28.3. The number of hydrogen-bond donors (Lipinski definition) is 0. The molecule has 17 heavy (non-hydrogen) atoms. The minimum Gasteiger partial charge on any atom is -0.466 e. The van der Waals surface area contributed by atoms with Gasteiger partial charge in [-0.25, -0.2) is 0 Å². The van der Waals surface area contributed by atoms with Gasteiger partial charge in [0, 0.05) is 14.7 Å². The molecule has 0 bridgehead atoms. The third-order valence-electron chi connectivity index (χ3n) is 2.19. The Morgan fingerprint density at radius 1 is 1.29 bits per heavy atom. The molecule has 0 heterocycles. The highest BCUT2D eigenvalue weighted by Gasteiger charge is 2.13. The summed E-state index contributed by atoms with van der Waals surface area (Å²) in [6, 6.07) is 1.13. The van der Waals surface area contributed by atoms with Gasteiger partial charge in [0.25, 0.3) is 0 Å². The average molecular weight is 262 g/mol. The molecule has 102 valence electrons. The average Bonchev–Trinajstić information content (AvgIpc) is 2.15. The standard InChI is InChI=1S/C12H26O4Si/c1-6-15-12(13)9-11(2)16-10-14-7-8-17(3,4)5/h11H,6-10H2,1-5H3. The van der Waals surface area contributed by atoms with Gasteiger partial charge in [-0.05, 0) is 19.9 Å². The van der Waals surface area contributed by atoms with Crippen molar-refractivity contribution in [3.05, 3.63) is 0 Å². The van der Waals surface area contributed by atoms with Gasteiger partial charge in [-0.15, -0.1) is 0 Å². The number of rotatable bonds is 9. The van der Waals surface area contributed by atoms with Crippen molar-refractivity contribution in [3.8, 4) is 0 Å². The lowest BCUT2D eigenvalue weighted by molar-refractivity contribution is -0.149. The summed E-state index contributed by atoms with van der Waals surface area (Å²) >= 11 is 0. The summed E-state index contributed by atoms with van der Waals surface area (Å²) in [7, 11) is -1.03. The third-order valence-corrected chi connectivity index (χ3v) is 3.90. The lowest BCUT2D eigenvalue weighted by atomic mass is 10.3. The Kier molecular flexibility index (Phi) is 8.46. The SMILES string of the molecule is CCOC(=O)CC(C)OCOCC[Si](C)(C)C. The molecule has 0 N–H and O–H groups in total. The molecule has 0 aromatic heterocycles. The van der Waals surface area contributed by atoms with E-state index in [1.54, 1.807) is 6.92 Å². The number of hydrogen-bond acceptors (Lipinski definition) is 4. The quantitative estimate of drug-likeness (QED) is 0.277. The number of carbonyl (C=O) groups is 1.